The van der Waals surface area contributed by atoms with Gasteiger partial charge in [-0.05, 0) is 68.3 Å². The summed E-state index contributed by atoms with van der Waals surface area (Å²) in [5, 5.41) is 17.7. The number of aliphatic imine (C=N–C) groups is 1. The third-order valence-corrected chi connectivity index (χ3v) is 5.97. The Morgan fingerprint density at radius 3 is 2.58 bits per heavy atom. The Hall–Kier alpha value is -4.33. The summed E-state index contributed by atoms with van der Waals surface area (Å²) < 4.78 is 11.8. The van der Waals surface area contributed by atoms with E-state index in [2.05, 4.69) is 36.6 Å². The molecule has 3 aromatic carbocycles. The van der Waals surface area contributed by atoms with Crippen molar-refractivity contribution in [1.29, 1.82) is 0 Å². The second-order valence-corrected chi connectivity index (χ2v) is 8.89. The predicted molar refractivity (Wildman–Crippen MR) is 145 cm³/mol. The van der Waals surface area contributed by atoms with Gasteiger partial charge in [-0.2, -0.15) is 0 Å². The number of nitro groups is 1. The summed E-state index contributed by atoms with van der Waals surface area (Å²) in [6.07, 6.45) is 6.18. The number of rotatable bonds is 7. The minimum absolute atomic E-state index is 0.0177. The van der Waals surface area contributed by atoms with Gasteiger partial charge in [-0.15, -0.1) is 0 Å². The molecule has 8 nitrogen and oxygen atoms in total. The number of anilines is 2. The number of benzene rings is 3. The lowest BCUT2D eigenvalue weighted by Crippen LogP contribution is -2.31. The van der Waals surface area contributed by atoms with E-state index < -0.39 is 4.92 Å². The first kappa shape index (κ1) is 24.8. The number of fused-ring (bicyclic) bond motifs is 1. The quantitative estimate of drug-likeness (QED) is 0.160. The molecule has 4 rings (SSSR count). The molecular formula is C28H30N4O4. The molecule has 0 saturated carbocycles. The number of nitrogens with one attached hydrogen (secondary N) is 2. The summed E-state index contributed by atoms with van der Waals surface area (Å²) in [6.45, 7) is 6.26. The maximum absolute atomic E-state index is 11.0. The summed E-state index contributed by atoms with van der Waals surface area (Å²) in [5.41, 5.74) is 3.80. The van der Waals surface area contributed by atoms with E-state index in [1.54, 1.807) is 19.2 Å². The van der Waals surface area contributed by atoms with Crippen LogP contribution >= 0.6 is 0 Å². The second-order valence-electron chi connectivity index (χ2n) is 8.89. The van der Waals surface area contributed by atoms with Crippen molar-refractivity contribution in [3.8, 4) is 11.5 Å². The molecule has 3 aromatic rings. The van der Waals surface area contributed by atoms with Gasteiger partial charge in [0.05, 0.1) is 12.0 Å². The third kappa shape index (κ3) is 5.66. The van der Waals surface area contributed by atoms with Crippen LogP contribution in [0.3, 0.4) is 0 Å². The van der Waals surface area contributed by atoms with Crippen molar-refractivity contribution < 1.29 is 14.4 Å². The second kappa shape index (κ2) is 10.5. The maximum atomic E-state index is 11.0. The van der Waals surface area contributed by atoms with Gasteiger partial charge in [0.25, 0.3) is 5.69 Å². The molecule has 1 aliphatic rings. The average Bonchev–Trinajstić information content (AvgIpc) is 2.85. The largest absolute Gasteiger partial charge is 0.494 e. The number of aryl methyl sites for hydroxylation is 1. The minimum atomic E-state index is -0.427. The molecule has 8 heteroatoms. The van der Waals surface area contributed by atoms with Crippen molar-refractivity contribution in [2.45, 2.75) is 39.2 Å². The highest BCUT2D eigenvalue weighted by molar-refractivity contribution is 6.05. The summed E-state index contributed by atoms with van der Waals surface area (Å²) in [7, 11) is 1.59. The molecule has 2 N–H and O–H groups in total. The third-order valence-electron chi connectivity index (χ3n) is 5.97. The van der Waals surface area contributed by atoms with Crippen molar-refractivity contribution in [1.82, 2.24) is 0 Å². The normalized spacial score (nSPS) is 16.6. The van der Waals surface area contributed by atoms with Gasteiger partial charge in [-0.3, -0.25) is 10.1 Å². The topological polar surface area (TPSA) is 98.0 Å². The molecule has 0 radical (unpaired) electrons. The molecule has 0 aliphatic carbocycles. The van der Waals surface area contributed by atoms with E-state index in [9.17, 15) is 10.1 Å². The molecule has 0 amide bonds. The Kier molecular flexibility index (Phi) is 7.24. The molecule has 0 bridgehead atoms. The van der Waals surface area contributed by atoms with E-state index in [-0.39, 0.29) is 11.3 Å². The number of ether oxygens (including phenoxy) is 2. The van der Waals surface area contributed by atoms with Crippen LogP contribution in [0.2, 0.25) is 0 Å². The molecule has 0 spiro atoms. The molecule has 36 heavy (non-hydrogen) atoms. The highest BCUT2D eigenvalue weighted by Crippen LogP contribution is 2.37. The Labute approximate surface area is 210 Å². The van der Waals surface area contributed by atoms with Crippen LogP contribution in [-0.2, 0) is 0 Å². The van der Waals surface area contributed by atoms with Gasteiger partial charge in [0.15, 0.2) is 0 Å². The fraction of sp³-hybridized carbons (Fsp3) is 0.250. The fourth-order valence-corrected chi connectivity index (χ4v) is 4.09. The smallest absolute Gasteiger partial charge is 0.269 e. The van der Waals surface area contributed by atoms with E-state index in [0.717, 1.165) is 35.4 Å². The molecular weight excluding hydrogens is 456 g/mol. The summed E-state index contributed by atoms with van der Waals surface area (Å²) in [5.74, 6) is 1.91. The van der Waals surface area contributed by atoms with E-state index in [4.69, 9.17) is 14.5 Å². The lowest BCUT2D eigenvalue weighted by molar-refractivity contribution is -0.384. The van der Waals surface area contributed by atoms with Crippen LogP contribution in [-0.4, -0.2) is 23.6 Å². The summed E-state index contributed by atoms with van der Waals surface area (Å²) in [4.78, 5) is 15.4. The van der Waals surface area contributed by atoms with E-state index in [1.165, 1.54) is 12.1 Å². The average molecular weight is 487 g/mol. The zero-order valence-electron chi connectivity index (χ0n) is 20.9. The first-order chi connectivity index (χ1) is 17.3. The van der Waals surface area contributed by atoms with E-state index >= 15 is 0 Å². The fourth-order valence-electron chi connectivity index (χ4n) is 4.09. The number of nitrogens with zero attached hydrogens (tertiary/aromatic N) is 2. The SMILES string of the molecule is CCCC1(C)C=Cc2cc(NC(=Nc3ccccc3OC)Nc3ccc([N+](=O)[O-])cc3)c(C)cc2O1. The van der Waals surface area contributed by atoms with E-state index in [1.807, 2.05) is 43.3 Å². The highest BCUT2D eigenvalue weighted by atomic mass is 16.6. The van der Waals surface area contributed by atoms with Crippen molar-refractivity contribution in [2.75, 3.05) is 17.7 Å². The zero-order chi connectivity index (χ0) is 25.7. The first-order valence-corrected chi connectivity index (χ1v) is 11.8. The van der Waals surface area contributed by atoms with Crippen LogP contribution in [0.15, 0.2) is 71.7 Å². The lowest BCUT2D eigenvalue weighted by atomic mass is 9.95. The standard InChI is InChI=1S/C28H30N4O4/c1-5-15-28(3)16-14-20-18-24(19(2)17-26(20)36-28)31-27(30-23-8-6-7-9-25(23)35-4)29-21-10-12-22(13-11-21)32(33)34/h6-14,16-18H,5,15H2,1-4H3,(H2,29,30,31). The lowest BCUT2D eigenvalue weighted by Gasteiger charge is -2.32. The van der Waals surface area contributed by atoms with Crippen LogP contribution in [0.1, 0.15) is 37.8 Å². The molecule has 0 saturated heterocycles. The Morgan fingerprint density at radius 1 is 1.14 bits per heavy atom. The zero-order valence-corrected chi connectivity index (χ0v) is 20.9. The van der Waals surface area contributed by atoms with Gasteiger partial charge in [-0.1, -0.05) is 31.6 Å². The number of hydrogen-bond acceptors (Lipinski definition) is 5. The number of nitro benzene ring substituents is 1. The van der Waals surface area contributed by atoms with Crippen LogP contribution in [0, 0.1) is 17.0 Å². The number of methoxy groups -OCH3 is 1. The Balaban J connectivity index is 1.68. The maximum Gasteiger partial charge on any atom is 0.269 e. The van der Waals surface area contributed by atoms with Gasteiger partial charge in [0.1, 0.15) is 22.8 Å². The molecule has 0 fully saturated rings. The molecule has 1 aliphatic heterocycles. The molecule has 1 unspecified atom stereocenters. The van der Waals surface area contributed by atoms with Gasteiger partial charge >= 0.3 is 0 Å². The van der Waals surface area contributed by atoms with E-state index in [0.29, 0.717) is 23.1 Å². The van der Waals surface area contributed by atoms with Gasteiger partial charge in [0, 0.05) is 29.1 Å². The Morgan fingerprint density at radius 2 is 1.89 bits per heavy atom. The number of hydrogen-bond donors (Lipinski definition) is 2. The monoisotopic (exact) mass is 486 g/mol. The van der Waals surface area contributed by atoms with Crippen LogP contribution in [0.4, 0.5) is 22.7 Å². The summed E-state index contributed by atoms with van der Waals surface area (Å²) >= 11 is 0. The first-order valence-electron chi connectivity index (χ1n) is 11.8. The van der Waals surface area contributed by atoms with Crippen molar-refractivity contribution in [3.05, 3.63) is 88.0 Å². The number of non-ortho nitro benzene ring substituents is 1. The minimum Gasteiger partial charge on any atom is -0.494 e. The predicted octanol–water partition coefficient (Wildman–Crippen LogP) is 7.09. The highest BCUT2D eigenvalue weighted by Gasteiger charge is 2.27. The number of guanidine groups is 1. The van der Waals surface area contributed by atoms with Crippen molar-refractivity contribution >= 4 is 34.8 Å². The molecule has 1 atom stereocenters. The molecule has 0 aromatic heterocycles. The van der Waals surface area contributed by atoms with Crippen molar-refractivity contribution in [3.63, 3.8) is 0 Å². The number of para-hydroxylation sites is 2. The van der Waals surface area contributed by atoms with Crippen molar-refractivity contribution in [2.24, 2.45) is 4.99 Å². The van der Waals surface area contributed by atoms with Crippen LogP contribution in [0.25, 0.3) is 6.08 Å². The van der Waals surface area contributed by atoms with Crippen LogP contribution in [0.5, 0.6) is 11.5 Å². The molecule has 1 heterocycles. The molecule has 186 valence electrons. The Bertz CT molecular complexity index is 1320. The van der Waals surface area contributed by atoms with Gasteiger partial charge < -0.3 is 20.1 Å². The van der Waals surface area contributed by atoms with Crippen LogP contribution < -0.4 is 20.1 Å². The van der Waals surface area contributed by atoms with Gasteiger partial charge in [0.2, 0.25) is 5.96 Å². The summed E-state index contributed by atoms with van der Waals surface area (Å²) in [6, 6.07) is 17.7. The van der Waals surface area contributed by atoms with Gasteiger partial charge in [-0.25, -0.2) is 4.99 Å².